The van der Waals surface area contributed by atoms with Gasteiger partial charge in [-0.3, -0.25) is 0 Å². The first kappa shape index (κ1) is 13.3. The molecule has 2 rings (SSSR count). The standard InChI is InChI=1S/C16H18BrN/c1-12-5-7-14(8-6-12)15(11-18)9-13-3-2-4-16(17)10-13/h2-8,10,15H,9,11,18H2,1H3. The molecule has 0 aliphatic heterocycles. The van der Waals surface area contributed by atoms with Gasteiger partial charge in [-0.05, 0) is 43.1 Å². The van der Waals surface area contributed by atoms with Crippen molar-refractivity contribution in [1.29, 1.82) is 0 Å². The van der Waals surface area contributed by atoms with Gasteiger partial charge in [-0.2, -0.15) is 0 Å². The van der Waals surface area contributed by atoms with Crippen LogP contribution >= 0.6 is 15.9 Å². The summed E-state index contributed by atoms with van der Waals surface area (Å²) >= 11 is 3.51. The monoisotopic (exact) mass is 303 g/mol. The van der Waals surface area contributed by atoms with Crippen LogP contribution in [-0.2, 0) is 6.42 Å². The van der Waals surface area contributed by atoms with Gasteiger partial charge < -0.3 is 5.73 Å². The van der Waals surface area contributed by atoms with Crippen molar-refractivity contribution in [2.45, 2.75) is 19.3 Å². The van der Waals surface area contributed by atoms with Crippen molar-refractivity contribution in [2.75, 3.05) is 6.54 Å². The van der Waals surface area contributed by atoms with Crippen molar-refractivity contribution in [3.8, 4) is 0 Å². The second-order valence-corrected chi connectivity index (χ2v) is 5.59. The maximum Gasteiger partial charge on any atom is 0.0177 e. The summed E-state index contributed by atoms with van der Waals surface area (Å²) in [7, 11) is 0. The van der Waals surface area contributed by atoms with Crippen molar-refractivity contribution in [2.24, 2.45) is 5.73 Å². The number of aryl methyl sites for hydroxylation is 1. The lowest BCUT2D eigenvalue weighted by atomic mass is 9.91. The number of benzene rings is 2. The molecule has 0 radical (unpaired) electrons. The van der Waals surface area contributed by atoms with Crippen molar-refractivity contribution in [3.05, 3.63) is 69.7 Å². The molecule has 0 heterocycles. The predicted octanol–water partition coefficient (Wildman–Crippen LogP) is 4.04. The molecule has 2 aromatic rings. The van der Waals surface area contributed by atoms with E-state index in [0.29, 0.717) is 12.5 Å². The Bertz CT molecular complexity index is 505. The van der Waals surface area contributed by atoms with Crippen LogP contribution in [0.5, 0.6) is 0 Å². The summed E-state index contributed by atoms with van der Waals surface area (Å²) in [6.45, 7) is 2.78. The van der Waals surface area contributed by atoms with Crippen molar-refractivity contribution < 1.29 is 0 Å². The molecule has 1 unspecified atom stereocenters. The first-order chi connectivity index (χ1) is 8.69. The second-order valence-electron chi connectivity index (χ2n) is 4.68. The molecule has 2 heteroatoms. The van der Waals surface area contributed by atoms with E-state index < -0.39 is 0 Å². The Hall–Kier alpha value is -1.12. The van der Waals surface area contributed by atoms with Gasteiger partial charge in [0.15, 0.2) is 0 Å². The third-order valence-corrected chi connectivity index (χ3v) is 3.70. The van der Waals surface area contributed by atoms with E-state index in [1.807, 2.05) is 6.07 Å². The molecule has 18 heavy (non-hydrogen) atoms. The van der Waals surface area contributed by atoms with Gasteiger partial charge in [-0.15, -0.1) is 0 Å². The van der Waals surface area contributed by atoms with Crippen molar-refractivity contribution in [3.63, 3.8) is 0 Å². The molecule has 0 amide bonds. The first-order valence-electron chi connectivity index (χ1n) is 6.20. The molecule has 0 saturated heterocycles. The quantitative estimate of drug-likeness (QED) is 0.906. The Balaban J connectivity index is 2.17. The minimum Gasteiger partial charge on any atom is -0.330 e. The summed E-state index contributed by atoms with van der Waals surface area (Å²) in [5, 5.41) is 0. The van der Waals surface area contributed by atoms with Gasteiger partial charge in [-0.1, -0.05) is 57.9 Å². The van der Waals surface area contributed by atoms with E-state index in [9.17, 15) is 0 Å². The SMILES string of the molecule is Cc1ccc(C(CN)Cc2cccc(Br)c2)cc1. The van der Waals surface area contributed by atoms with Crippen LogP contribution in [0.4, 0.5) is 0 Å². The largest absolute Gasteiger partial charge is 0.330 e. The molecule has 0 fully saturated rings. The summed E-state index contributed by atoms with van der Waals surface area (Å²) in [5.74, 6) is 0.389. The van der Waals surface area contributed by atoms with E-state index in [1.165, 1.54) is 16.7 Å². The van der Waals surface area contributed by atoms with E-state index in [1.54, 1.807) is 0 Å². The molecule has 0 aliphatic rings. The number of hydrogen-bond acceptors (Lipinski definition) is 1. The minimum absolute atomic E-state index is 0.389. The molecule has 94 valence electrons. The highest BCUT2D eigenvalue weighted by molar-refractivity contribution is 9.10. The van der Waals surface area contributed by atoms with Crippen LogP contribution in [0.2, 0.25) is 0 Å². The van der Waals surface area contributed by atoms with Crippen LogP contribution in [0.3, 0.4) is 0 Å². The highest BCUT2D eigenvalue weighted by Gasteiger charge is 2.10. The van der Waals surface area contributed by atoms with E-state index in [-0.39, 0.29) is 0 Å². The lowest BCUT2D eigenvalue weighted by Gasteiger charge is -2.15. The fourth-order valence-electron chi connectivity index (χ4n) is 2.12. The number of halogens is 1. The maximum atomic E-state index is 5.92. The van der Waals surface area contributed by atoms with Crippen LogP contribution < -0.4 is 5.73 Å². The van der Waals surface area contributed by atoms with Crippen LogP contribution in [0.1, 0.15) is 22.6 Å². The van der Waals surface area contributed by atoms with Gasteiger partial charge >= 0.3 is 0 Å². The van der Waals surface area contributed by atoms with Crippen molar-refractivity contribution in [1.82, 2.24) is 0 Å². The summed E-state index contributed by atoms with van der Waals surface area (Å²) in [5.41, 5.74) is 9.85. The Morgan fingerprint density at radius 2 is 1.83 bits per heavy atom. The number of nitrogens with two attached hydrogens (primary N) is 1. The Morgan fingerprint density at radius 1 is 1.11 bits per heavy atom. The lowest BCUT2D eigenvalue weighted by molar-refractivity contribution is 0.694. The summed E-state index contributed by atoms with van der Waals surface area (Å²) in [6, 6.07) is 17.1. The minimum atomic E-state index is 0.389. The van der Waals surface area contributed by atoms with Gasteiger partial charge in [-0.25, -0.2) is 0 Å². The predicted molar refractivity (Wildman–Crippen MR) is 80.8 cm³/mol. The fourth-order valence-corrected chi connectivity index (χ4v) is 2.57. The number of rotatable bonds is 4. The van der Waals surface area contributed by atoms with Crippen LogP contribution in [-0.4, -0.2) is 6.54 Å². The zero-order chi connectivity index (χ0) is 13.0. The molecular formula is C16H18BrN. The molecule has 1 nitrogen and oxygen atoms in total. The van der Waals surface area contributed by atoms with Gasteiger partial charge in [0.05, 0.1) is 0 Å². The summed E-state index contributed by atoms with van der Waals surface area (Å²) in [6.07, 6.45) is 0.985. The van der Waals surface area contributed by atoms with Gasteiger partial charge in [0, 0.05) is 10.4 Å². The molecule has 0 aliphatic carbocycles. The first-order valence-corrected chi connectivity index (χ1v) is 6.99. The smallest absolute Gasteiger partial charge is 0.0177 e. The van der Waals surface area contributed by atoms with Crippen LogP contribution in [0, 0.1) is 6.92 Å². The second kappa shape index (κ2) is 6.17. The molecule has 0 spiro atoms. The zero-order valence-corrected chi connectivity index (χ0v) is 12.2. The lowest BCUT2D eigenvalue weighted by Crippen LogP contribution is -2.15. The average molecular weight is 304 g/mol. The molecule has 2 aromatic carbocycles. The Kier molecular flexibility index (Phi) is 4.56. The van der Waals surface area contributed by atoms with E-state index >= 15 is 0 Å². The molecular weight excluding hydrogens is 286 g/mol. The topological polar surface area (TPSA) is 26.0 Å². The normalized spacial score (nSPS) is 12.4. The molecule has 0 bridgehead atoms. The third-order valence-electron chi connectivity index (χ3n) is 3.20. The Labute approximate surface area is 117 Å². The average Bonchev–Trinajstić information content (AvgIpc) is 2.37. The van der Waals surface area contributed by atoms with Gasteiger partial charge in [0.2, 0.25) is 0 Å². The molecule has 1 atom stereocenters. The summed E-state index contributed by atoms with van der Waals surface area (Å²) in [4.78, 5) is 0. The highest BCUT2D eigenvalue weighted by atomic mass is 79.9. The van der Waals surface area contributed by atoms with Gasteiger partial charge in [0.1, 0.15) is 0 Å². The maximum absolute atomic E-state index is 5.92. The fraction of sp³-hybridized carbons (Fsp3) is 0.250. The van der Waals surface area contributed by atoms with Crippen LogP contribution in [0.25, 0.3) is 0 Å². The molecule has 0 saturated carbocycles. The Morgan fingerprint density at radius 3 is 2.44 bits per heavy atom. The highest BCUT2D eigenvalue weighted by Crippen LogP contribution is 2.22. The zero-order valence-electron chi connectivity index (χ0n) is 10.6. The summed E-state index contributed by atoms with van der Waals surface area (Å²) < 4.78 is 1.12. The van der Waals surface area contributed by atoms with Crippen LogP contribution in [0.15, 0.2) is 53.0 Å². The van der Waals surface area contributed by atoms with E-state index in [0.717, 1.165) is 10.9 Å². The molecule has 2 N–H and O–H groups in total. The number of hydrogen-bond donors (Lipinski definition) is 1. The van der Waals surface area contributed by atoms with Crippen molar-refractivity contribution >= 4 is 15.9 Å². The van der Waals surface area contributed by atoms with E-state index in [2.05, 4.69) is 65.3 Å². The van der Waals surface area contributed by atoms with Gasteiger partial charge in [0.25, 0.3) is 0 Å². The van der Waals surface area contributed by atoms with E-state index in [4.69, 9.17) is 5.73 Å². The third kappa shape index (κ3) is 3.44. The molecule has 0 aromatic heterocycles.